The number of ketones is 1. The van der Waals surface area contributed by atoms with E-state index in [9.17, 15) is 4.79 Å². The summed E-state index contributed by atoms with van der Waals surface area (Å²) >= 11 is 3.47. The lowest BCUT2D eigenvalue weighted by Crippen LogP contribution is -2.51. The standard InChI is InChI=1S/C24H25BrO2/c25-21-5-1-19(2-6-21)20-3-7-22(8-4-20)27-15-23(26)24-12-16-9-17(13-24)11-18(10-16)14-24/h1-8,16-18H,9-15H2. The summed E-state index contributed by atoms with van der Waals surface area (Å²) in [6, 6.07) is 16.4. The van der Waals surface area contributed by atoms with Gasteiger partial charge in [0.25, 0.3) is 0 Å². The fourth-order valence-corrected chi connectivity index (χ4v) is 6.40. The molecule has 0 amide bonds. The molecule has 140 valence electrons. The quantitative estimate of drug-likeness (QED) is 0.564. The fourth-order valence-electron chi connectivity index (χ4n) is 6.14. The van der Waals surface area contributed by atoms with E-state index >= 15 is 0 Å². The second-order valence-electron chi connectivity index (χ2n) is 8.94. The van der Waals surface area contributed by atoms with Crippen LogP contribution in [0, 0.1) is 23.2 Å². The molecule has 0 aliphatic heterocycles. The Labute approximate surface area is 169 Å². The smallest absolute Gasteiger partial charge is 0.176 e. The van der Waals surface area contributed by atoms with E-state index in [1.807, 2.05) is 24.3 Å². The first-order chi connectivity index (χ1) is 13.1. The van der Waals surface area contributed by atoms with Gasteiger partial charge in [-0.25, -0.2) is 0 Å². The van der Waals surface area contributed by atoms with Crippen molar-refractivity contribution in [2.75, 3.05) is 6.61 Å². The Morgan fingerprint density at radius 3 is 1.85 bits per heavy atom. The first-order valence-electron chi connectivity index (χ1n) is 10.1. The van der Waals surface area contributed by atoms with Gasteiger partial charge in [0.05, 0.1) is 0 Å². The maximum absolute atomic E-state index is 13.1. The third-order valence-corrected chi connectivity index (χ3v) is 7.56. The van der Waals surface area contributed by atoms with E-state index in [2.05, 4.69) is 40.2 Å². The number of carbonyl (C=O) groups is 1. The molecule has 0 saturated heterocycles. The van der Waals surface area contributed by atoms with Crippen LogP contribution < -0.4 is 4.74 Å². The molecule has 4 saturated carbocycles. The Morgan fingerprint density at radius 2 is 1.33 bits per heavy atom. The Balaban J connectivity index is 1.24. The van der Waals surface area contributed by atoms with Gasteiger partial charge in [0.2, 0.25) is 0 Å². The molecule has 0 unspecified atom stereocenters. The Bertz CT molecular complexity index is 802. The van der Waals surface area contributed by atoms with Crippen molar-refractivity contribution in [3.63, 3.8) is 0 Å². The highest BCUT2D eigenvalue weighted by Crippen LogP contribution is 2.60. The van der Waals surface area contributed by atoms with Gasteiger partial charge in [-0.1, -0.05) is 40.2 Å². The van der Waals surface area contributed by atoms with E-state index in [4.69, 9.17) is 4.74 Å². The maximum Gasteiger partial charge on any atom is 0.176 e. The van der Waals surface area contributed by atoms with Crippen LogP contribution in [0.4, 0.5) is 0 Å². The molecule has 0 atom stereocenters. The Kier molecular flexibility index (Phi) is 4.39. The molecule has 0 heterocycles. The second kappa shape index (κ2) is 6.77. The van der Waals surface area contributed by atoms with Gasteiger partial charge in [-0.05, 0) is 91.7 Å². The number of hydrogen-bond acceptors (Lipinski definition) is 2. The minimum absolute atomic E-state index is 0.0634. The number of halogens is 1. The number of ether oxygens (including phenoxy) is 1. The number of Topliss-reactive ketones (excluding diaryl/α,β-unsaturated/α-hetero) is 1. The minimum atomic E-state index is -0.0634. The fraction of sp³-hybridized carbons (Fsp3) is 0.458. The molecule has 3 heteroatoms. The maximum atomic E-state index is 13.1. The van der Waals surface area contributed by atoms with Crippen LogP contribution in [0.5, 0.6) is 5.75 Å². The molecule has 4 aliphatic rings. The van der Waals surface area contributed by atoms with Crippen LogP contribution in [0.3, 0.4) is 0 Å². The highest BCUT2D eigenvalue weighted by atomic mass is 79.9. The first-order valence-corrected chi connectivity index (χ1v) is 10.9. The average molecular weight is 425 g/mol. The summed E-state index contributed by atoms with van der Waals surface area (Å²) in [6.45, 7) is 0.226. The molecule has 6 rings (SSSR count). The molecule has 27 heavy (non-hydrogen) atoms. The summed E-state index contributed by atoms with van der Waals surface area (Å²) in [6.07, 6.45) is 7.44. The van der Waals surface area contributed by atoms with Crippen molar-refractivity contribution < 1.29 is 9.53 Å². The molecule has 2 aromatic rings. The van der Waals surface area contributed by atoms with Gasteiger partial charge in [0.15, 0.2) is 5.78 Å². The predicted molar refractivity (Wildman–Crippen MR) is 111 cm³/mol. The third-order valence-electron chi connectivity index (χ3n) is 7.03. The van der Waals surface area contributed by atoms with Gasteiger partial charge in [-0.2, -0.15) is 0 Å². The summed E-state index contributed by atoms with van der Waals surface area (Å²) in [7, 11) is 0. The lowest BCUT2D eigenvalue weighted by atomic mass is 9.48. The lowest BCUT2D eigenvalue weighted by Gasteiger charge is -2.55. The van der Waals surface area contributed by atoms with Crippen LogP contribution in [-0.2, 0) is 4.79 Å². The molecule has 4 bridgehead atoms. The van der Waals surface area contributed by atoms with Crippen LogP contribution >= 0.6 is 15.9 Å². The SMILES string of the molecule is O=C(COc1ccc(-c2ccc(Br)cc2)cc1)C12CC3CC(CC(C3)C1)C2. The largest absolute Gasteiger partial charge is 0.486 e. The summed E-state index contributed by atoms with van der Waals surface area (Å²) in [5.74, 6) is 3.52. The number of rotatable bonds is 5. The van der Waals surface area contributed by atoms with Crippen molar-refractivity contribution >= 4 is 21.7 Å². The molecule has 0 aromatic heterocycles. The summed E-state index contributed by atoms with van der Waals surface area (Å²) < 4.78 is 6.99. The zero-order valence-electron chi connectivity index (χ0n) is 15.5. The number of carbonyl (C=O) groups excluding carboxylic acids is 1. The minimum Gasteiger partial charge on any atom is -0.486 e. The highest BCUT2D eigenvalue weighted by molar-refractivity contribution is 9.10. The summed E-state index contributed by atoms with van der Waals surface area (Å²) in [4.78, 5) is 13.1. The van der Waals surface area contributed by atoms with E-state index in [0.29, 0.717) is 5.78 Å². The van der Waals surface area contributed by atoms with Crippen molar-refractivity contribution in [1.29, 1.82) is 0 Å². The molecule has 0 radical (unpaired) electrons. The van der Waals surface area contributed by atoms with Gasteiger partial charge < -0.3 is 4.74 Å². The van der Waals surface area contributed by atoms with Crippen molar-refractivity contribution in [2.45, 2.75) is 38.5 Å². The zero-order chi connectivity index (χ0) is 18.4. The number of benzene rings is 2. The van der Waals surface area contributed by atoms with E-state index < -0.39 is 0 Å². The van der Waals surface area contributed by atoms with Crippen LogP contribution in [0.1, 0.15) is 38.5 Å². The second-order valence-corrected chi connectivity index (χ2v) is 9.86. The molecule has 4 fully saturated rings. The molecule has 0 spiro atoms. The van der Waals surface area contributed by atoms with E-state index in [1.165, 1.54) is 24.8 Å². The molecular formula is C24H25BrO2. The van der Waals surface area contributed by atoms with Crippen LogP contribution in [0.15, 0.2) is 53.0 Å². The van der Waals surface area contributed by atoms with E-state index in [0.717, 1.165) is 52.8 Å². The molecular weight excluding hydrogens is 400 g/mol. The molecule has 2 aromatic carbocycles. The number of hydrogen-bond donors (Lipinski definition) is 0. The van der Waals surface area contributed by atoms with E-state index in [1.54, 1.807) is 0 Å². The summed E-state index contributed by atoms with van der Waals surface area (Å²) in [5.41, 5.74) is 2.27. The van der Waals surface area contributed by atoms with Crippen LogP contribution in [0.25, 0.3) is 11.1 Å². The Morgan fingerprint density at radius 1 is 0.852 bits per heavy atom. The third kappa shape index (κ3) is 3.35. The van der Waals surface area contributed by atoms with Gasteiger partial charge in [-0.3, -0.25) is 4.79 Å². The van der Waals surface area contributed by atoms with Crippen molar-refractivity contribution in [3.8, 4) is 16.9 Å². The highest BCUT2D eigenvalue weighted by Gasteiger charge is 2.54. The van der Waals surface area contributed by atoms with Crippen molar-refractivity contribution in [3.05, 3.63) is 53.0 Å². The van der Waals surface area contributed by atoms with Gasteiger partial charge in [-0.15, -0.1) is 0 Å². The summed E-state index contributed by atoms with van der Waals surface area (Å²) in [5, 5.41) is 0. The monoisotopic (exact) mass is 424 g/mol. The van der Waals surface area contributed by atoms with Crippen molar-refractivity contribution in [2.24, 2.45) is 23.2 Å². The predicted octanol–water partition coefficient (Wildman–Crippen LogP) is 6.28. The average Bonchev–Trinajstić information content (AvgIpc) is 2.66. The molecule has 0 N–H and O–H groups in total. The zero-order valence-corrected chi connectivity index (χ0v) is 17.1. The van der Waals surface area contributed by atoms with Gasteiger partial charge in [0.1, 0.15) is 12.4 Å². The normalized spacial score (nSPS) is 31.1. The van der Waals surface area contributed by atoms with Crippen LogP contribution in [0.2, 0.25) is 0 Å². The molecule has 4 aliphatic carbocycles. The van der Waals surface area contributed by atoms with Crippen LogP contribution in [-0.4, -0.2) is 12.4 Å². The Hall–Kier alpha value is -1.61. The van der Waals surface area contributed by atoms with E-state index in [-0.39, 0.29) is 12.0 Å². The van der Waals surface area contributed by atoms with Gasteiger partial charge in [0, 0.05) is 9.89 Å². The van der Waals surface area contributed by atoms with Crippen molar-refractivity contribution in [1.82, 2.24) is 0 Å². The lowest BCUT2D eigenvalue weighted by molar-refractivity contribution is -0.145. The first kappa shape index (κ1) is 17.5. The topological polar surface area (TPSA) is 26.3 Å². The molecule has 2 nitrogen and oxygen atoms in total. The van der Waals surface area contributed by atoms with Gasteiger partial charge >= 0.3 is 0 Å².